The summed E-state index contributed by atoms with van der Waals surface area (Å²) < 4.78 is 38.9. The molecule has 0 aliphatic carbocycles. The lowest BCUT2D eigenvalue weighted by molar-refractivity contribution is -0.147. The molecule has 0 aliphatic rings. The SMILES string of the molecule is CSc1nnc(C(F)(F)F)n1/N=C/c1cccc(Cl)c1. The summed E-state index contributed by atoms with van der Waals surface area (Å²) in [5, 5.41) is 10.9. The Hall–Kier alpha value is -1.54. The highest BCUT2D eigenvalue weighted by molar-refractivity contribution is 7.98. The lowest BCUT2D eigenvalue weighted by atomic mass is 10.2. The zero-order chi connectivity index (χ0) is 14.8. The predicted octanol–water partition coefficient (Wildman–Crippen LogP) is 3.55. The lowest BCUT2D eigenvalue weighted by Gasteiger charge is -2.05. The first kappa shape index (κ1) is 14.9. The van der Waals surface area contributed by atoms with Crippen LogP contribution in [0.2, 0.25) is 5.02 Å². The normalized spacial score (nSPS) is 12.2. The minimum absolute atomic E-state index is 0.0515. The molecule has 0 fully saturated rings. The lowest BCUT2D eigenvalue weighted by Crippen LogP contribution is -2.13. The smallest absolute Gasteiger partial charge is 0.183 e. The number of halogens is 4. The third-order valence-corrected chi connectivity index (χ3v) is 3.07. The van der Waals surface area contributed by atoms with Gasteiger partial charge in [-0.1, -0.05) is 35.5 Å². The van der Waals surface area contributed by atoms with Gasteiger partial charge in [-0.05, 0) is 24.0 Å². The Labute approximate surface area is 121 Å². The van der Waals surface area contributed by atoms with Crippen molar-refractivity contribution < 1.29 is 13.2 Å². The molecule has 0 atom stereocenters. The molecule has 2 aromatic rings. The number of rotatable bonds is 3. The van der Waals surface area contributed by atoms with Gasteiger partial charge in [0.05, 0.1) is 6.21 Å². The van der Waals surface area contributed by atoms with E-state index in [1.165, 1.54) is 6.21 Å². The number of aromatic nitrogens is 3. The number of thioether (sulfide) groups is 1. The molecule has 1 aromatic heterocycles. The van der Waals surface area contributed by atoms with Crippen LogP contribution in [0.3, 0.4) is 0 Å². The summed E-state index contributed by atoms with van der Waals surface area (Å²) in [6.45, 7) is 0. The van der Waals surface area contributed by atoms with Gasteiger partial charge in [0.2, 0.25) is 5.16 Å². The second kappa shape index (κ2) is 5.84. The predicted molar refractivity (Wildman–Crippen MR) is 71.2 cm³/mol. The van der Waals surface area contributed by atoms with Gasteiger partial charge in [-0.2, -0.15) is 22.9 Å². The van der Waals surface area contributed by atoms with Gasteiger partial charge in [-0.15, -0.1) is 10.2 Å². The fraction of sp³-hybridized carbons (Fsp3) is 0.182. The topological polar surface area (TPSA) is 43.1 Å². The molecule has 0 spiro atoms. The minimum atomic E-state index is -4.62. The van der Waals surface area contributed by atoms with Crippen LogP contribution in [0.5, 0.6) is 0 Å². The van der Waals surface area contributed by atoms with Gasteiger partial charge in [0.15, 0.2) is 0 Å². The molecule has 0 N–H and O–H groups in total. The second-order valence-corrected chi connectivity index (χ2v) is 4.83. The fourth-order valence-corrected chi connectivity index (χ4v) is 2.01. The molecule has 0 saturated heterocycles. The third-order valence-electron chi connectivity index (χ3n) is 2.22. The first-order valence-corrected chi connectivity index (χ1v) is 6.88. The van der Waals surface area contributed by atoms with Gasteiger partial charge in [-0.3, -0.25) is 0 Å². The van der Waals surface area contributed by atoms with E-state index in [0.29, 0.717) is 15.3 Å². The zero-order valence-corrected chi connectivity index (χ0v) is 11.7. The molecule has 2 rings (SSSR count). The molecule has 1 aromatic carbocycles. The fourth-order valence-electron chi connectivity index (χ4n) is 1.38. The molecule has 0 unspecified atom stereocenters. The van der Waals surface area contributed by atoms with Gasteiger partial charge < -0.3 is 0 Å². The van der Waals surface area contributed by atoms with Gasteiger partial charge in [-0.25, -0.2) is 0 Å². The van der Waals surface area contributed by atoms with E-state index in [4.69, 9.17) is 11.6 Å². The van der Waals surface area contributed by atoms with E-state index in [0.717, 1.165) is 11.8 Å². The summed E-state index contributed by atoms with van der Waals surface area (Å²) >= 11 is 6.81. The van der Waals surface area contributed by atoms with Crippen molar-refractivity contribution in [3.8, 4) is 0 Å². The van der Waals surface area contributed by atoms with E-state index in [1.54, 1.807) is 30.5 Å². The van der Waals surface area contributed by atoms with E-state index >= 15 is 0 Å². The quantitative estimate of drug-likeness (QED) is 0.641. The van der Waals surface area contributed by atoms with Gasteiger partial charge in [0.25, 0.3) is 5.82 Å². The van der Waals surface area contributed by atoms with Crippen molar-refractivity contribution in [3.63, 3.8) is 0 Å². The van der Waals surface area contributed by atoms with Crippen molar-refractivity contribution in [1.82, 2.24) is 14.9 Å². The van der Waals surface area contributed by atoms with Gasteiger partial charge >= 0.3 is 6.18 Å². The van der Waals surface area contributed by atoms with Crippen LogP contribution in [0.1, 0.15) is 11.4 Å². The summed E-state index contributed by atoms with van der Waals surface area (Å²) in [5.74, 6) is -1.17. The van der Waals surface area contributed by atoms with E-state index in [-0.39, 0.29) is 5.16 Å². The maximum absolute atomic E-state index is 12.8. The van der Waals surface area contributed by atoms with Crippen LogP contribution in [0.25, 0.3) is 0 Å². The van der Waals surface area contributed by atoms with Crippen LogP contribution < -0.4 is 0 Å². The average molecular weight is 321 g/mol. The van der Waals surface area contributed by atoms with Crippen LogP contribution in [-0.2, 0) is 6.18 Å². The zero-order valence-electron chi connectivity index (χ0n) is 10.1. The average Bonchev–Trinajstić information content (AvgIpc) is 2.79. The Bertz CT molecular complexity index is 639. The summed E-state index contributed by atoms with van der Waals surface area (Å²) in [4.78, 5) is 0. The van der Waals surface area contributed by atoms with E-state index in [2.05, 4.69) is 15.3 Å². The number of hydrogen-bond donors (Lipinski definition) is 0. The Kier molecular flexibility index (Phi) is 4.34. The maximum atomic E-state index is 12.8. The Morgan fingerprint density at radius 3 is 2.70 bits per heavy atom. The van der Waals surface area contributed by atoms with E-state index in [1.807, 2.05) is 0 Å². The Morgan fingerprint density at radius 2 is 2.10 bits per heavy atom. The molecule has 0 saturated carbocycles. The molecule has 0 amide bonds. The first-order chi connectivity index (χ1) is 9.41. The van der Waals surface area contributed by atoms with E-state index in [9.17, 15) is 13.2 Å². The molecule has 4 nitrogen and oxygen atoms in total. The van der Waals surface area contributed by atoms with Gasteiger partial charge in [0.1, 0.15) is 0 Å². The van der Waals surface area contributed by atoms with Crippen LogP contribution >= 0.6 is 23.4 Å². The van der Waals surface area contributed by atoms with Crippen molar-refractivity contribution in [3.05, 3.63) is 40.7 Å². The molecule has 1 heterocycles. The molecular weight excluding hydrogens is 313 g/mol. The number of alkyl halides is 3. The minimum Gasteiger partial charge on any atom is -0.183 e. The van der Waals surface area contributed by atoms with Crippen molar-refractivity contribution in [2.45, 2.75) is 11.3 Å². The summed E-state index contributed by atoms with van der Waals surface area (Å²) in [7, 11) is 0. The summed E-state index contributed by atoms with van der Waals surface area (Å²) in [6.07, 6.45) is -1.76. The first-order valence-electron chi connectivity index (χ1n) is 5.28. The van der Waals surface area contributed by atoms with Crippen LogP contribution in [0.4, 0.5) is 13.2 Å². The number of nitrogens with zero attached hydrogens (tertiary/aromatic N) is 4. The number of hydrogen-bond acceptors (Lipinski definition) is 4. The molecular formula is C11H8ClF3N4S. The van der Waals surface area contributed by atoms with Crippen LogP contribution in [-0.4, -0.2) is 27.3 Å². The standard InChI is InChI=1S/C11H8ClF3N4S/c1-20-10-18-17-9(11(13,14)15)19(10)16-6-7-3-2-4-8(12)5-7/h2-6H,1H3/b16-6+. The molecule has 20 heavy (non-hydrogen) atoms. The third kappa shape index (κ3) is 3.31. The van der Waals surface area contributed by atoms with E-state index < -0.39 is 12.0 Å². The van der Waals surface area contributed by atoms with Crippen molar-refractivity contribution in [2.24, 2.45) is 5.10 Å². The van der Waals surface area contributed by atoms with Crippen LogP contribution in [0.15, 0.2) is 34.5 Å². The Morgan fingerprint density at radius 1 is 1.35 bits per heavy atom. The highest BCUT2D eigenvalue weighted by atomic mass is 35.5. The molecule has 0 radical (unpaired) electrons. The molecule has 0 bridgehead atoms. The number of benzene rings is 1. The summed E-state index contributed by atoms with van der Waals surface area (Å²) in [6, 6.07) is 6.59. The second-order valence-electron chi connectivity index (χ2n) is 3.62. The highest BCUT2D eigenvalue weighted by Gasteiger charge is 2.38. The van der Waals surface area contributed by atoms with Crippen molar-refractivity contribution >= 4 is 29.6 Å². The highest BCUT2D eigenvalue weighted by Crippen LogP contribution is 2.29. The molecule has 106 valence electrons. The monoisotopic (exact) mass is 320 g/mol. The van der Waals surface area contributed by atoms with Crippen molar-refractivity contribution in [2.75, 3.05) is 6.26 Å². The molecule has 9 heteroatoms. The van der Waals surface area contributed by atoms with Crippen molar-refractivity contribution in [1.29, 1.82) is 0 Å². The maximum Gasteiger partial charge on any atom is 0.453 e. The van der Waals surface area contributed by atoms with Gasteiger partial charge in [0, 0.05) is 5.02 Å². The Balaban J connectivity index is 2.40. The van der Waals surface area contributed by atoms with Crippen LogP contribution in [0, 0.1) is 0 Å². The summed E-state index contributed by atoms with van der Waals surface area (Å²) in [5.41, 5.74) is 0.575. The largest absolute Gasteiger partial charge is 0.453 e. The molecule has 0 aliphatic heterocycles.